The minimum atomic E-state index is 0.423. The van der Waals surface area contributed by atoms with Crippen molar-refractivity contribution in [1.82, 2.24) is 0 Å². The molecule has 2 rings (SSSR count). The second-order valence-corrected chi connectivity index (χ2v) is 4.25. The maximum atomic E-state index is 4.58. The third-order valence-electron chi connectivity index (χ3n) is 2.63. The van der Waals surface area contributed by atoms with Gasteiger partial charge in [-0.2, -0.15) is 0 Å². The highest BCUT2D eigenvalue weighted by atomic mass is 15.1. The van der Waals surface area contributed by atoms with E-state index in [2.05, 4.69) is 47.7 Å². The number of anilines is 2. The minimum Gasteiger partial charge on any atom is -0.380 e. The lowest BCUT2D eigenvalue weighted by atomic mass is 10.2. The third kappa shape index (κ3) is 2.54. The standard InChI is InChI=1S/C13H19N3/c1-3-8-14-13-9-10(2)15-11-6-4-5-7-12(11)16-13/h4-7,10,15H,3,8-9H2,1-2H3,(H,14,16). The highest BCUT2D eigenvalue weighted by molar-refractivity contribution is 6.00. The third-order valence-corrected chi connectivity index (χ3v) is 2.63. The van der Waals surface area contributed by atoms with E-state index in [-0.39, 0.29) is 0 Å². The van der Waals surface area contributed by atoms with Gasteiger partial charge in [0.15, 0.2) is 0 Å². The summed E-state index contributed by atoms with van der Waals surface area (Å²) in [5, 5.41) is 6.90. The zero-order valence-electron chi connectivity index (χ0n) is 9.96. The molecular weight excluding hydrogens is 198 g/mol. The largest absolute Gasteiger partial charge is 0.380 e. The number of para-hydroxylation sites is 2. The molecule has 0 fully saturated rings. The van der Waals surface area contributed by atoms with Crippen LogP contribution in [0, 0.1) is 0 Å². The summed E-state index contributed by atoms with van der Waals surface area (Å²) in [6, 6.07) is 8.70. The summed E-state index contributed by atoms with van der Waals surface area (Å²) in [5.74, 6) is 1.09. The van der Waals surface area contributed by atoms with E-state index in [1.54, 1.807) is 0 Å². The van der Waals surface area contributed by atoms with Gasteiger partial charge in [0.2, 0.25) is 0 Å². The summed E-state index contributed by atoms with van der Waals surface area (Å²) in [4.78, 5) is 4.58. The molecule has 1 aromatic carbocycles. The van der Waals surface area contributed by atoms with Gasteiger partial charge in [-0.25, -0.2) is 0 Å². The second-order valence-electron chi connectivity index (χ2n) is 4.25. The van der Waals surface area contributed by atoms with Gasteiger partial charge in [0, 0.05) is 19.0 Å². The Labute approximate surface area is 97.0 Å². The number of amidine groups is 1. The summed E-state index contributed by atoms with van der Waals surface area (Å²) < 4.78 is 0. The van der Waals surface area contributed by atoms with Gasteiger partial charge >= 0.3 is 0 Å². The summed E-state index contributed by atoms with van der Waals surface area (Å²) in [6.07, 6.45) is 2.04. The van der Waals surface area contributed by atoms with Crippen LogP contribution in [-0.2, 0) is 0 Å². The highest BCUT2D eigenvalue weighted by Crippen LogP contribution is 2.25. The van der Waals surface area contributed by atoms with E-state index in [0.29, 0.717) is 6.04 Å². The van der Waals surface area contributed by atoms with Gasteiger partial charge in [-0.3, -0.25) is 4.99 Å². The minimum absolute atomic E-state index is 0.423. The Kier molecular flexibility index (Phi) is 3.44. The molecule has 0 aliphatic carbocycles. The molecule has 2 N–H and O–H groups in total. The molecule has 86 valence electrons. The van der Waals surface area contributed by atoms with Gasteiger partial charge in [0.25, 0.3) is 0 Å². The smallest absolute Gasteiger partial charge is 0.103 e. The number of nitrogens with zero attached hydrogens (tertiary/aromatic N) is 1. The molecule has 0 spiro atoms. The van der Waals surface area contributed by atoms with Crippen molar-refractivity contribution in [2.75, 3.05) is 17.2 Å². The van der Waals surface area contributed by atoms with Crippen molar-refractivity contribution >= 4 is 17.2 Å². The van der Waals surface area contributed by atoms with Gasteiger partial charge < -0.3 is 10.6 Å². The maximum Gasteiger partial charge on any atom is 0.103 e. The average Bonchev–Trinajstić information content (AvgIpc) is 2.43. The molecule has 3 nitrogen and oxygen atoms in total. The second kappa shape index (κ2) is 5.01. The first kappa shape index (κ1) is 11.0. The van der Waals surface area contributed by atoms with Gasteiger partial charge in [0.05, 0.1) is 11.4 Å². The molecule has 1 atom stereocenters. The van der Waals surface area contributed by atoms with Crippen LogP contribution >= 0.6 is 0 Å². The van der Waals surface area contributed by atoms with E-state index in [1.165, 1.54) is 0 Å². The van der Waals surface area contributed by atoms with Gasteiger partial charge in [-0.1, -0.05) is 19.1 Å². The fourth-order valence-electron chi connectivity index (χ4n) is 1.88. The molecule has 0 amide bonds. The molecule has 0 saturated heterocycles. The van der Waals surface area contributed by atoms with Gasteiger partial charge in [-0.05, 0) is 25.5 Å². The number of nitrogens with one attached hydrogen (secondary N) is 2. The number of rotatable bonds is 2. The molecule has 1 heterocycles. The summed E-state index contributed by atoms with van der Waals surface area (Å²) in [7, 11) is 0. The molecular formula is C13H19N3. The van der Waals surface area contributed by atoms with Crippen molar-refractivity contribution in [3.8, 4) is 0 Å². The summed E-state index contributed by atoms with van der Waals surface area (Å²) in [6.45, 7) is 5.23. The van der Waals surface area contributed by atoms with Crippen molar-refractivity contribution in [2.45, 2.75) is 32.7 Å². The Bertz CT molecular complexity index is 385. The van der Waals surface area contributed by atoms with Crippen LogP contribution in [0.25, 0.3) is 0 Å². The van der Waals surface area contributed by atoms with E-state index in [0.717, 1.165) is 36.6 Å². The van der Waals surface area contributed by atoms with Crippen LogP contribution in [0.15, 0.2) is 29.3 Å². The first-order valence-corrected chi connectivity index (χ1v) is 5.95. The monoisotopic (exact) mass is 217 g/mol. The number of aliphatic imine (C=N–C) groups is 1. The molecule has 0 saturated carbocycles. The first-order chi connectivity index (χ1) is 7.79. The lowest BCUT2D eigenvalue weighted by Crippen LogP contribution is -2.19. The lowest BCUT2D eigenvalue weighted by molar-refractivity contribution is 0.832. The van der Waals surface area contributed by atoms with Gasteiger partial charge in [0.1, 0.15) is 5.84 Å². The number of benzene rings is 1. The zero-order chi connectivity index (χ0) is 11.4. The van der Waals surface area contributed by atoms with Crippen molar-refractivity contribution in [3.63, 3.8) is 0 Å². The van der Waals surface area contributed by atoms with Gasteiger partial charge in [-0.15, -0.1) is 0 Å². The van der Waals surface area contributed by atoms with E-state index in [4.69, 9.17) is 0 Å². The Balaban J connectivity index is 2.23. The van der Waals surface area contributed by atoms with Crippen molar-refractivity contribution in [1.29, 1.82) is 0 Å². The topological polar surface area (TPSA) is 36.4 Å². The number of hydrogen-bond acceptors (Lipinski definition) is 2. The predicted molar refractivity (Wildman–Crippen MR) is 70.4 cm³/mol. The van der Waals surface area contributed by atoms with E-state index in [9.17, 15) is 0 Å². The molecule has 0 aromatic heterocycles. The molecule has 1 aromatic rings. The highest BCUT2D eigenvalue weighted by Gasteiger charge is 2.14. The number of hydrogen-bond donors (Lipinski definition) is 2. The molecule has 1 aliphatic rings. The molecule has 16 heavy (non-hydrogen) atoms. The Morgan fingerprint density at radius 2 is 2.06 bits per heavy atom. The van der Waals surface area contributed by atoms with E-state index < -0.39 is 0 Å². The quantitative estimate of drug-likeness (QED) is 0.798. The molecule has 1 aliphatic heterocycles. The van der Waals surface area contributed by atoms with Crippen LogP contribution in [0.1, 0.15) is 26.7 Å². The summed E-state index contributed by atoms with van der Waals surface area (Å²) >= 11 is 0. The van der Waals surface area contributed by atoms with Crippen LogP contribution in [0.2, 0.25) is 0 Å². The molecule has 1 unspecified atom stereocenters. The van der Waals surface area contributed by atoms with Crippen LogP contribution < -0.4 is 10.6 Å². The van der Waals surface area contributed by atoms with Crippen molar-refractivity contribution in [3.05, 3.63) is 24.3 Å². The Hall–Kier alpha value is -1.51. The van der Waals surface area contributed by atoms with E-state index >= 15 is 0 Å². The Morgan fingerprint density at radius 1 is 1.31 bits per heavy atom. The zero-order valence-corrected chi connectivity index (χ0v) is 9.96. The lowest BCUT2D eigenvalue weighted by Gasteiger charge is -2.10. The average molecular weight is 217 g/mol. The molecule has 0 bridgehead atoms. The van der Waals surface area contributed by atoms with Crippen molar-refractivity contribution in [2.24, 2.45) is 4.99 Å². The van der Waals surface area contributed by atoms with Crippen LogP contribution in [0.5, 0.6) is 0 Å². The first-order valence-electron chi connectivity index (χ1n) is 5.95. The normalized spacial score (nSPS) is 21.9. The van der Waals surface area contributed by atoms with Crippen molar-refractivity contribution < 1.29 is 0 Å². The molecule has 0 radical (unpaired) electrons. The van der Waals surface area contributed by atoms with E-state index in [1.807, 2.05) is 6.07 Å². The predicted octanol–water partition coefficient (Wildman–Crippen LogP) is 3.11. The molecule has 3 heteroatoms. The van der Waals surface area contributed by atoms with Crippen LogP contribution in [0.3, 0.4) is 0 Å². The summed E-state index contributed by atoms with van der Waals surface area (Å²) in [5.41, 5.74) is 2.29. The SMILES string of the molecule is CCCN=C1CC(C)Nc2ccccc2N1. The fourth-order valence-corrected chi connectivity index (χ4v) is 1.88. The Morgan fingerprint density at radius 3 is 2.81 bits per heavy atom. The van der Waals surface area contributed by atoms with Crippen LogP contribution in [0.4, 0.5) is 11.4 Å². The fraction of sp³-hybridized carbons (Fsp3) is 0.462. The maximum absolute atomic E-state index is 4.58. The number of fused-ring (bicyclic) bond motifs is 1. The van der Waals surface area contributed by atoms with Crippen LogP contribution in [-0.4, -0.2) is 18.4 Å².